The van der Waals surface area contributed by atoms with E-state index < -0.39 is 0 Å². The van der Waals surface area contributed by atoms with Gasteiger partial charge in [0, 0.05) is 29.0 Å². The van der Waals surface area contributed by atoms with Gasteiger partial charge in [0.05, 0.1) is 11.6 Å². The van der Waals surface area contributed by atoms with Gasteiger partial charge in [0.1, 0.15) is 11.2 Å². The maximum Gasteiger partial charge on any atom is 0.192 e. The molecule has 1 aliphatic rings. The lowest BCUT2D eigenvalue weighted by Gasteiger charge is -2.30. The van der Waals surface area contributed by atoms with E-state index in [1.807, 2.05) is 24.3 Å². The van der Waals surface area contributed by atoms with Crippen LogP contribution in [-0.4, -0.2) is 43.3 Å². The smallest absolute Gasteiger partial charge is 0.192 e. The van der Waals surface area contributed by atoms with Crippen molar-refractivity contribution in [3.8, 4) is 0 Å². The maximum absolute atomic E-state index is 5.89. The SMILES string of the molecule is CC(C)N1CCc2c(sc3ncn4nc(CON=Cc5ccc(Cl)cc5)nc4c23)C1. The van der Waals surface area contributed by atoms with E-state index in [0.29, 0.717) is 16.9 Å². The summed E-state index contributed by atoms with van der Waals surface area (Å²) < 4.78 is 1.74. The Morgan fingerprint density at radius 3 is 2.93 bits per heavy atom. The average molecular weight is 441 g/mol. The van der Waals surface area contributed by atoms with Crippen LogP contribution in [0.5, 0.6) is 0 Å². The number of thiophene rings is 1. The summed E-state index contributed by atoms with van der Waals surface area (Å²) in [5.74, 6) is 0.581. The van der Waals surface area contributed by atoms with Gasteiger partial charge in [-0.05, 0) is 43.5 Å². The highest BCUT2D eigenvalue weighted by Gasteiger charge is 2.25. The van der Waals surface area contributed by atoms with Gasteiger partial charge in [0.2, 0.25) is 0 Å². The molecule has 154 valence electrons. The van der Waals surface area contributed by atoms with E-state index in [1.54, 1.807) is 28.4 Å². The van der Waals surface area contributed by atoms with Crippen molar-refractivity contribution in [2.75, 3.05) is 6.54 Å². The van der Waals surface area contributed by atoms with Gasteiger partial charge in [0.25, 0.3) is 0 Å². The molecule has 0 saturated carbocycles. The third-order valence-electron chi connectivity index (χ3n) is 5.32. The van der Waals surface area contributed by atoms with Crippen molar-refractivity contribution in [2.24, 2.45) is 5.16 Å². The van der Waals surface area contributed by atoms with Crippen molar-refractivity contribution in [1.82, 2.24) is 24.5 Å². The molecule has 0 atom stereocenters. The molecule has 9 heteroatoms. The van der Waals surface area contributed by atoms with Gasteiger partial charge >= 0.3 is 0 Å². The second-order valence-corrected chi connectivity index (χ2v) is 9.12. The molecule has 4 heterocycles. The van der Waals surface area contributed by atoms with Crippen molar-refractivity contribution in [3.63, 3.8) is 0 Å². The molecule has 1 aromatic carbocycles. The standard InChI is InChI=1S/C21H21ClN6OS/c1-13(2)27-8-7-16-17(10-27)30-21-19(16)20-25-18(26-28(20)12-23-21)11-29-24-9-14-3-5-15(22)6-4-14/h3-6,9,12-13H,7-8,10-11H2,1-2H3. The van der Waals surface area contributed by atoms with Crippen molar-refractivity contribution in [2.45, 2.75) is 39.5 Å². The van der Waals surface area contributed by atoms with Crippen LogP contribution in [0.2, 0.25) is 5.02 Å². The zero-order chi connectivity index (χ0) is 20.7. The summed E-state index contributed by atoms with van der Waals surface area (Å²) in [5.41, 5.74) is 3.12. The lowest BCUT2D eigenvalue weighted by Crippen LogP contribution is -2.35. The first-order chi connectivity index (χ1) is 14.6. The zero-order valence-corrected chi connectivity index (χ0v) is 18.3. The van der Waals surface area contributed by atoms with E-state index in [0.717, 1.165) is 40.9 Å². The van der Waals surface area contributed by atoms with E-state index in [4.69, 9.17) is 21.4 Å². The quantitative estimate of drug-likeness (QED) is 0.341. The number of halogens is 1. The highest BCUT2D eigenvalue weighted by molar-refractivity contribution is 7.19. The van der Waals surface area contributed by atoms with Crippen LogP contribution >= 0.6 is 22.9 Å². The predicted octanol–water partition coefficient (Wildman–Crippen LogP) is 4.31. The minimum Gasteiger partial charge on any atom is -0.387 e. The van der Waals surface area contributed by atoms with Crippen LogP contribution in [0, 0.1) is 0 Å². The number of benzene rings is 1. The summed E-state index contributed by atoms with van der Waals surface area (Å²) >= 11 is 7.66. The number of oxime groups is 1. The summed E-state index contributed by atoms with van der Waals surface area (Å²) in [7, 11) is 0. The third-order valence-corrected chi connectivity index (χ3v) is 6.70. The molecular formula is C21H21ClN6OS. The molecule has 0 N–H and O–H groups in total. The van der Waals surface area contributed by atoms with Gasteiger partial charge in [0.15, 0.2) is 18.1 Å². The van der Waals surface area contributed by atoms with Crippen LogP contribution in [0.4, 0.5) is 0 Å². The second-order valence-electron chi connectivity index (χ2n) is 7.60. The molecule has 5 rings (SSSR count). The Kier molecular flexibility index (Phi) is 5.14. The fourth-order valence-corrected chi connectivity index (χ4v) is 5.03. The Balaban J connectivity index is 1.38. The lowest BCUT2D eigenvalue weighted by molar-refractivity contribution is 0.126. The summed E-state index contributed by atoms with van der Waals surface area (Å²) in [4.78, 5) is 19.7. The first-order valence-electron chi connectivity index (χ1n) is 9.88. The minimum atomic E-state index is 0.195. The highest BCUT2D eigenvalue weighted by Crippen LogP contribution is 2.36. The Bertz CT molecular complexity index is 1230. The molecule has 0 radical (unpaired) electrons. The first-order valence-corrected chi connectivity index (χ1v) is 11.1. The van der Waals surface area contributed by atoms with Crippen LogP contribution in [-0.2, 0) is 24.4 Å². The Morgan fingerprint density at radius 2 is 2.13 bits per heavy atom. The largest absolute Gasteiger partial charge is 0.387 e. The minimum absolute atomic E-state index is 0.195. The van der Waals surface area contributed by atoms with E-state index in [2.05, 4.69) is 34.0 Å². The summed E-state index contributed by atoms with van der Waals surface area (Å²) in [5, 5.41) is 10.3. The molecule has 0 fully saturated rings. The number of rotatable bonds is 5. The maximum atomic E-state index is 5.89. The van der Waals surface area contributed by atoms with Crippen LogP contribution < -0.4 is 0 Å². The molecular weight excluding hydrogens is 420 g/mol. The predicted molar refractivity (Wildman–Crippen MR) is 119 cm³/mol. The number of hydrogen-bond acceptors (Lipinski definition) is 7. The van der Waals surface area contributed by atoms with Crippen LogP contribution in [0.25, 0.3) is 15.9 Å². The zero-order valence-electron chi connectivity index (χ0n) is 16.7. The molecule has 7 nitrogen and oxygen atoms in total. The van der Waals surface area contributed by atoms with Gasteiger partial charge in [-0.25, -0.2) is 14.5 Å². The Labute approximate surface area is 182 Å². The molecule has 0 bridgehead atoms. The number of aromatic nitrogens is 4. The monoisotopic (exact) mass is 440 g/mol. The van der Waals surface area contributed by atoms with Crippen LogP contribution in [0.15, 0.2) is 35.7 Å². The van der Waals surface area contributed by atoms with Crippen molar-refractivity contribution in [1.29, 1.82) is 0 Å². The van der Waals surface area contributed by atoms with E-state index in [9.17, 15) is 0 Å². The van der Waals surface area contributed by atoms with Gasteiger partial charge in [-0.1, -0.05) is 28.9 Å². The van der Waals surface area contributed by atoms with Crippen molar-refractivity contribution < 1.29 is 4.84 Å². The van der Waals surface area contributed by atoms with E-state index in [1.165, 1.54) is 10.4 Å². The molecule has 0 amide bonds. The summed E-state index contributed by atoms with van der Waals surface area (Å²) in [6, 6.07) is 7.92. The first kappa shape index (κ1) is 19.4. The Hall–Kier alpha value is -2.55. The normalized spacial score (nSPS) is 14.9. The second kappa shape index (κ2) is 7.94. The average Bonchev–Trinajstić information content (AvgIpc) is 3.32. The van der Waals surface area contributed by atoms with Crippen molar-refractivity contribution >= 4 is 45.0 Å². The molecule has 0 unspecified atom stereocenters. The van der Waals surface area contributed by atoms with Gasteiger partial charge in [-0.3, -0.25) is 4.90 Å². The molecule has 3 aromatic heterocycles. The summed E-state index contributed by atoms with van der Waals surface area (Å²) in [6.45, 7) is 6.72. The number of hydrogen-bond donors (Lipinski definition) is 0. The van der Waals surface area contributed by atoms with Gasteiger partial charge < -0.3 is 4.84 Å². The number of nitrogens with zero attached hydrogens (tertiary/aromatic N) is 6. The lowest BCUT2D eigenvalue weighted by atomic mass is 10.0. The number of fused-ring (bicyclic) bond motifs is 5. The molecule has 30 heavy (non-hydrogen) atoms. The van der Waals surface area contributed by atoms with Gasteiger partial charge in [-0.2, -0.15) is 0 Å². The fraction of sp³-hybridized carbons (Fsp3) is 0.333. The van der Waals surface area contributed by atoms with E-state index >= 15 is 0 Å². The molecule has 0 saturated heterocycles. The fourth-order valence-electron chi connectivity index (χ4n) is 3.70. The third kappa shape index (κ3) is 3.66. The van der Waals surface area contributed by atoms with Crippen LogP contribution in [0.3, 0.4) is 0 Å². The Morgan fingerprint density at radius 1 is 1.30 bits per heavy atom. The van der Waals surface area contributed by atoms with Crippen molar-refractivity contribution in [3.05, 3.63) is 57.4 Å². The molecule has 0 spiro atoms. The highest BCUT2D eigenvalue weighted by atomic mass is 35.5. The molecule has 0 aliphatic carbocycles. The van der Waals surface area contributed by atoms with Crippen LogP contribution in [0.1, 0.15) is 35.7 Å². The topological polar surface area (TPSA) is 67.9 Å². The molecule has 4 aromatic rings. The van der Waals surface area contributed by atoms with Gasteiger partial charge in [-0.15, -0.1) is 16.4 Å². The van der Waals surface area contributed by atoms with E-state index in [-0.39, 0.29) is 6.61 Å². The summed E-state index contributed by atoms with van der Waals surface area (Å²) in [6.07, 6.45) is 4.38. The molecule has 1 aliphatic heterocycles.